The number of esters is 2. The summed E-state index contributed by atoms with van der Waals surface area (Å²) in [6, 6.07) is 4.60. The number of halogens is 2. The fourth-order valence-corrected chi connectivity index (χ4v) is 6.34. The molecule has 2 aromatic carbocycles. The molecule has 15 heteroatoms. The molecule has 0 radical (unpaired) electrons. The monoisotopic (exact) mass is 734 g/mol. The number of amides is 1. The van der Waals surface area contributed by atoms with Crippen LogP contribution >= 0.6 is 11.3 Å². The van der Waals surface area contributed by atoms with Gasteiger partial charge in [0.2, 0.25) is 5.91 Å². The number of nitrogens with zero attached hydrogens (tertiary/aromatic N) is 1. The Hall–Kier alpha value is -4.50. The minimum absolute atomic E-state index is 0.00976. The molecule has 51 heavy (non-hydrogen) atoms. The van der Waals surface area contributed by atoms with Crippen molar-refractivity contribution in [2.24, 2.45) is 5.73 Å². The van der Waals surface area contributed by atoms with Crippen molar-refractivity contribution in [2.75, 3.05) is 34.0 Å². The van der Waals surface area contributed by atoms with Gasteiger partial charge in [0.15, 0.2) is 40.4 Å². The van der Waals surface area contributed by atoms with Crippen molar-refractivity contribution in [3.05, 3.63) is 45.8 Å². The van der Waals surface area contributed by atoms with Crippen LogP contribution in [-0.2, 0) is 36.9 Å². The summed E-state index contributed by atoms with van der Waals surface area (Å²) in [5.41, 5.74) is 5.66. The minimum Gasteiger partial charge on any atom is -0.493 e. The van der Waals surface area contributed by atoms with Gasteiger partial charge >= 0.3 is 11.9 Å². The maximum absolute atomic E-state index is 15.7. The normalized spacial score (nSPS) is 13.1. The summed E-state index contributed by atoms with van der Waals surface area (Å²) in [6.45, 7) is 7.18. The van der Waals surface area contributed by atoms with Crippen molar-refractivity contribution in [1.29, 1.82) is 0 Å². The van der Waals surface area contributed by atoms with Crippen molar-refractivity contribution in [3.8, 4) is 23.0 Å². The zero-order chi connectivity index (χ0) is 37.5. The Balaban J connectivity index is 1.34. The first kappa shape index (κ1) is 39.3. The van der Waals surface area contributed by atoms with E-state index in [-0.39, 0.29) is 110 Å². The Labute approximate surface area is 299 Å². The SMILES string of the molecule is COc1cc2c(c(F)c1OCCCOc1c(OC)cc3sc(C(=O)CCC(=O)OC(C)CN)cc3c1F)CN(C(=O)CCC(=O)OC(C)(C)C)C2. The van der Waals surface area contributed by atoms with Crippen LogP contribution < -0.4 is 24.7 Å². The summed E-state index contributed by atoms with van der Waals surface area (Å²) in [4.78, 5) is 51.3. The largest absolute Gasteiger partial charge is 0.493 e. The van der Waals surface area contributed by atoms with Gasteiger partial charge in [-0.1, -0.05) is 0 Å². The third kappa shape index (κ3) is 10.1. The van der Waals surface area contributed by atoms with E-state index in [0.717, 1.165) is 11.3 Å². The molecule has 1 amide bonds. The van der Waals surface area contributed by atoms with E-state index in [2.05, 4.69) is 0 Å². The highest BCUT2D eigenvalue weighted by Crippen LogP contribution is 2.41. The van der Waals surface area contributed by atoms with E-state index < -0.39 is 35.3 Å². The molecule has 278 valence electrons. The molecule has 0 aliphatic carbocycles. The number of rotatable bonds is 17. The van der Waals surface area contributed by atoms with Gasteiger partial charge in [0.1, 0.15) is 11.7 Å². The predicted octanol–water partition coefficient (Wildman–Crippen LogP) is 5.86. The first-order valence-corrected chi connectivity index (χ1v) is 17.3. The van der Waals surface area contributed by atoms with Crippen LogP contribution in [0.5, 0.6) is 23.0 Å². The minimum atomic E-state index is -0.715. The number of ketones is 1. The number of benzene rings is 2. The molecule has 3 aromatic rings. The molecule has 0 saturated heterocycles. The Morgan fingerprint density at radius 3 is 2.14 bits per heavy atom. The van der Waals surface area contributed by atoms with Crippen LogP contribution in [0.3, 0.4) is 0 Å². The maximum atomic E-state index is 15.7. The second-order valence-corrected chi connectivity index (χ2v) is 14.0. The zero-order valence-corrected chi connectivity index (χ0v) is 30.5. The standard InChI is InChI=1S/C36H44F2N2O10S/c1-20(17-39)49-30(43)10-8-24(41)28-15-22-27(51-28)16-26(46-6)35(32(22)37)48-13-7-12-47-34-25(45-5)14-21-18-40(19-23(21)33(34)38)29(42)9-11-31(44)50-36(2,3)4/h14-16,20H,7-13,17-19,39H2,1-6H3. The van der Waals surface area contributed by atoms with Crippen LogP contribution in [0, 0.1) is 11.6 Å². The number of carbonyl (C=O) groups excluding carboxylic acids is 4. The van der Waals surface area contributed by atoms with Gasteiger partial charge in [-0.15, -0.1) is 11.3 Å². The number of fused-ring (bicyclic) bond motifs is 2. The highest BCUT2D eigenvalue weighted by Gasteiger charge is 2.31. The summed E-state index contributed by atoms with van der Waals surface area (Å²) >= 11 is 1.07. The molecule has 4 rings (SSSR count). The lowest BCUT2D eigenvalue weighted by Crippen LogP contribution is -2.28. The van der Waals surface area contributed by atoms with Crippen molar-refractivity contribution in [1.82, 2.24) is 4.90 Å². The lowest BCUT2D eigenvalue weighted by atomic mass is 10.1. The van der Waals surface area contributed by atoms with E-state index in [1.165, 1.54) is 25.2 Å². The first-order valence-electron chi connectivity index (χ1n) is 16.5. The third-order valence-corrected chi connectivity index (χ3v) is 8.93. The van der Waals surface area contributed by atoms with E-state index in [1.54, 1.807) is 39.8 Å². The number of ether oxygens (including phenoxy) is 6. The van der Waals surface area contributed by atoms with Gasteiger partial charge in [0, 0.05) is 60.6 Å². The molecule has 0 fully saturated rings. The molecule has 0 saturated carbocycles. The Morgan fingerprint density at radius 2 is 1.51 bits per heavy atom. The molecular formula is C36H44F2N2O10S. The molecule has 1 atom stereocenters. The van der Waals surface area contributed by atoms with Gasteiger partial charge in [-0.3, -0.25) is 19.2 Å². The van der Waals surface area contributed by atoms with E-state index in [4.69, 9.17) is 34.2 Å². The van der Waals surface area contributed by atoms with Gasteiger partial charge in [-0.25, -0.2) is 8.78 Å². The lowest BCUT2D eigenvalue weighted by Gasteiger charge is -2.20. The molecule has 1 unspecified atom stereocenters. The molecule has 12 nitrogen and oxygen atoms in total. The molecule has 1 aliphatic rings. The molecule has 0 bridgehead atoms. The highest BCUT2D eigenvalue weighted by atomic mass is 32.1. The summed E-state index contributed by atoms with van der Waals surface area (Å²) in [5, 5.41) is 0.164. The summed E-state index contributed by atoms with van der Waals surface area (Å²) < 4.78 is 64.4. The van der Waals surface area contributed by atoms with Crippen LogP contribution in [0.15, 0.2) is 18.2 Å². The Kier molecular flexibility index (Phi) is 13.2. The Bertz CT molecular complexity index is 1770. The topological polar surface area (TPSA) is 153 Å². The number of carbonyl (C=O) groups is 4. The third-order valence-electron chi connectivity index (χ3n) is 7.81. The summed E-state index contributed by atoms with van der Waals surface area (Å²) in [7, 11) is 2.74. The summed E-state index contributed by atoms with van der Waals surface area (Å²) in [5.74, 6) is -3.05. The maximum Gasteiger partial charge on any atom is 0.306 e. The number of methoxy groups -OCH3 is 2. The number of nitrogens with two attached hydrogens (primary N) is 1. The van der Waals surface area contributed by atoms with Gasteiger partial charge in [-0.05, 0) is 45.4 Å². The number of Topliss-reactive ketones (excluding diaryl/α,β-unsaturated/α-hetero) is 1. The Morgan fingerprint density at radius 1 is 0.882 bits per heavy atom. The molecule has 0 spiro atoms. The second kappa shape index (κ2) is 17.1. The predicted molar refractivity (Wildman–Crippen MR) is 184 cm³/mol. The quantitative estimate of drug-likeness (QED) is 0.101. The summed E-state index contributed by atoms with van der Waals surface area (Å²) in [6.07, 6.45) is -0.618. The number of thiophene rings is 1. The smallest absolute Gasteiger partial charge is 0.306 e. The average molecular weight is 735 g/mol. The number of hydrogen-bond donors (Lipinski definition) is 1. The van der Waals surface area contributed by atoms with E-state index >= 15 is 8.78 Å². The lowest BCUT2D eigenvalue weighted by molar-refractivity contribution is -0.156. The van der Waals surface area contributed by atoms with Crippen molar-refractivity contribution >= 4 is 45.1 Å². The van der Waals surface area contributed by atoms with Crippen molar-refractivity contribution < 1.29 is 56.4 Å². The van der Waals surface area contributed by atoms with Crippen LogP contribution in [-0.4, -0.2) is 74.2 Å². The highest BCUT2D eigenvalue weighted by molar-refractivity contribution is 7.20. The second-order valence-electron chi connectivity index (χ2n) is 13.0. The van der Waals surface area contributed by atoms with E-state index in [9.17, 15) is 19.2 Å². The van der Waals surface area contributed by atoms with Gasteiger partial charge in [-0.2, -0.15) is 0 Å². The fourth-order valence-electron chi connectivity index (χ4n) is 5.28. The van der Waals surface area contributed by atoms with Crippen molar-refractivity contribution in [3.63, 3.8) is 0 Å². The average Bonchev–Trinajstić information content (AvgIpc) is 3.72. The van der Waals surface area contributed by atoms with Crippen LogP contribution in [0.2, 0.25) is 0 Å². The molecule has 1 aliphatic heterocycles. The first-order chi connectivity index (χ1) is 24.1. The number of hydrogen-bond acceptors (Lipinski definition) is 12. The van der Waals surface area contributed by atoms with Gasteiger partial charge in [0.25, 0.3) is 0 Å². The van der Waals surface area contributed by atoms with E-state index in [0.29, 0.717) is 15.8 Å². The van der Waals surface area contributed by atoms with Crippen molar-refractivity contribution in [2.45, 2.75) is 84.6 Å². The van der Waals surface area contributed by atoms with E-state index in [1.807, 2.05) is 0 Å². The molecule has 2 heterocycles. The zero-order valence-electron chi connectivity index (χ0n) is 29.7. The van der Waals surface area contributed by atoms with Crippen LogP contribution in [0.25, 0.3) is 10.1 Å². The molecular weight excluding hydrogens is 690 g/mol. The molecule has 2 N–H and O–H groups in total. The fraction of sp³-hybridized carbons (Fsp3) is 0.500. The van der Waals surface area contributed by atoms with Gasteiger partial charge in [0.05, 0.1) is 45.2 Å². The van der Waals surface area contributed by atoms with Crippen LogP contribution in [0.1, 0.15) is 80.6 Å². The van der Waals surface area contributed by atoms with Gasteiger partial charge < -0.3 is 39.1 Å². The molecule has 1 aromatic heterocycles. The van der Waals surface area contributed by atoms with Crippen LogP contribution in [0.4, 0.5) is 8.78 Å².